The fraction of sp³-hybridized carbons (Fsp3) is 0.350. The predicted molar refractivity (Wildman–Crippen MR) is 129 cm³/mol. The molecule has 0 bridgehead atoms. The molecule has 0 saturated carbocycles. The molecule has 0 atom stereocenters. The average molecular weight is 504 g/mol. The third-order valence-corrected chi connectivity index (χ3v) is 7.39. The Labute approximate surface area is 199 Å². The number of nitrogens with zero attached hydrogens (tertiary/aromatic N) is 3. The van der Waals surface area contributed by atoms with Gasteiger partial charge in [0.25, 0.3) is 5.91 Å². The molecule has 0 radical (unpaired) electrons. The molecule has 3 heterocycles. The Hall–Kier alpha value is -1.22. The molecule has 0 aromatic carbocycles. The van der Waals surface area contributed by atoms with Gasteiger partial charge in [0.15, 0.2) is 5.13 Å². The Morgan fingerprint density at radius 3 is 2.70 bits per heavy atom. The molecule has 5 nitrogen and oxygen atoms in total. The summed E-state index contributed by atoms with van der Waals surface area (Å²) in [5.41, 5.74) is 1.18. The fourth-order valence-electron chi connectivity index (χ4n) is 2.75. The Kier molecular flexibility index (Phi) is 8.51. The number of halogens is 3. The molecule has 3 rings (SSSR count). The quantitative estimate of drug-likeness (QED) is 0.328. The summed E-state index contributed by atoms with van der Waals surface area (Å²) in [6.07, 6.45) is 4.57. The highest BCUT2D eigenvalue weighted by molar-refractivity contribution is 7.17. The van der Waals surface area contributed by atoms with E-state index in [0.29, 0.717) is 15.7 Å². The van der Waals surface area contributed by atoms with E-state index in [4.69, 9.17) is 34.8 Å². The van der Waals surface area contributed by atoms with Crippen LogP contribution >= 0.6 is 57.5 Å². The number of nitrogens with one attached hydrogen (secondary N) is 1. The van der Waals surface area contributed by atoms with Gasteiger partial charge < -0.3 is 4.90 Å². The van der Waals surface area contributed by atoms with Gasteiger partial charge in [-0.25, -0.2) is 9.97 Å². The lowest BCUT2D eigenvalue weighted by atomic mass is 10.2. The zero-order chi connectivity index (χ0) is 21.7. The first-order valence-electron chi connectivity index (χ1n) is 9.42. The molecular weight excluding hydrogens is 483 g/mol. The molecule has 0 saturated heterocycles. The summed E-state index contributed by atoms with van der Waals surface area (Å²) in [4.78, 5) is 25.6. The van der Waals surface area contributed by atoms with Crippen LogP contribution in [0.1, 0.15) is 35.0 Å². The Morgan fingerprint density at radius 1 is 1.23 bits per heavy atom. The minimum atomic E-state index is -0.336. The van der Waals surface area contributed by atoms with E-state index in [-0.39, 0.29) is 16.1 Å². The molecule has 3 aromatic rings. The van der Waals surface area contributed by atoms with Crippen LogP contribution in [0.2, 0.25) is 15.2 Å². The standard InChI is InChI=1S/C20H21Cl3N4OS2/c1-3-4-6-27(2)7-5-15-17(16-9-13(21)11-29-16)25-20(30-15)26-19(28)12-8-14(22)18(23)24-10-12/h8-11H,3-7H2,1-2H3,(H,25,26,28). The smallest absolute Gasteiger partial charge is 0.259 e. The van der Waals surface area contributed by atoms with Crippen molar-refractivity contribution in [2.75, 3.05) is 25.5 Å². The molecule has 1 N–H and O–H groups in total. The van der Waals surface area contributed by atoms with E-state index in [9.17, 15) is 4.79 Å². The molecule has 0 aliphatic heterocycles. The average Bonchev–Trinajstić information content (AvgIpc) is 3.32. The van der Waals surface area contributed by atoms with Gasteiger partial charge in [-0.2, -0.15) is 0 Å². The van der Waals surface area contributed by atoms with Crippen molar-refractivity contribution in [3.05, 3.63) is 49.3 Å². The SMILES string of the molecule is CCCCN(C)CCc1sc(NC(=O)c2cnc(Cl)c(Cl)c2)nc1-c1cc(Cl)cs1. The number of thiophene rings is 1. The summed E-state index contributed by atoms with van der Waals surface area (Å²) in [6, 6.07) is 3.39. The van der Waals surface area contributed by atoms with Gasteiger partial charge in [0.05, 0.1) is 26.2 Å². The van der Waals surface area contributed by atoms with Crippen molar-refractivity contribution < 1.29 is 4.79 Å². The number of hydrogen-bond acceptors (Lipinski definition) is 6. The number of pyridine rings is 1. The lowest BCUT2D eigenvalue weighted by molar-refractivity contribution is 0.102. The number of aromatic nitrogens is 2. The molecule has 3 aromatic heterocycles. The third kappa shape index (κ3) is 6.15. The van der Waals surface area contributed by atoms with Crippen molar-refractivity contribution in [2.45, 2.75) is 26.2 Å². The van der Waals surface area contributed by atoms with Gasteiger partial charge in [0, 0.05) is 23.0 Å². The van der Waals surface area contributed by atoms with Crippen LogP contribution in [0.3, 0.4) is 0 Å². The Bertz CT molecular complexity index is 1020. The summed E-state index contributed by atoms with van der Waals surface area (Å²) in [7, 11) is 2.12. The zero-order valence-electron chi connectivity index (χ0n) is 16.5. The molecule has 1 amide bonds. The van der Waals surface area contributed by atoms with Crippen molar-refractivity contribution in [3.63, 3.8) is 0 Å². The normalized spacial score (nSPS) is 11.3. The zero-order valence-corrected chi connectivity index (χ0v) is 20.4. The van der Waals surface area contributed by atoms with E-state index in [1.54, 1.807) is 11.3 Å². The molecule has 0 aliphatic rings. The van der Waals surface area contributed by atoms with Gasteiger partial charge in [-0.05, 0) is 38.6 Å². The number of thiazole rings is 1. The Morgan fingerprint density at radius 2 is 2.03 bits per heavy atom. The maximum absolute atomic E-state index is 12.6. The first-order chi connectivity index (χ1) is 14.4. The molecule has 160 valence electrons. The van der Waals surface area contributed by atoms with Crippen molar-refractivity contribution in [1.82, 2.24) is 14.9 Å². The second kappa shape index (κ2) is 10.9. The highest BCUT2D eigenvalue weighted by Crippen LogP contribution is 2.36. The van der Waals surface area contributed by atoms with Gasteiger partial charge in [0.1, 0.15) is 5.15 Å². The molecule has 10 heteroatoms. The molecule has 0 unspecified atom stereocenters. The second-order valence-electron chi connectivity index (χ2n) is 6.78. The second-order valence-corrected chi connectivity index (χ2v) is 9.97. The van der Waals surface area contributed by atoms with Gasteiger partial charge in [-0.1, -0.05) is 48.1 Å². The topological polar surface area (TPSA) is 58.1 Å². The summed E-state index contributed by atoms with van der Waals surface area (Å²) in [5, 5.41) is 6.33. The summed E-state index contributed by atoms with van der Waals surface area (Å²) < 4.78 is 0. The summed E-state index contributed by atoms with van der Waals surface area (Å²) >= 11 is 20.9. The van der Waals surface area contributed by atoms with E-state index in [1.807, 2.05) is 11.4 Å². The lowest BCUT2D eigenvalue weighted by Crippen LogP contribution is -2.22. The van der Waals surface area contributed by atoms with Gasteiger partial charge in [-0.15, -0.1) is 22.7 Å². The number of likely N-dealkylation sites (N-methyl/N-ethyl adjacent to an activating group) is 1. The summed E-state index contributed by atoms with van der Waals surface area (Å²) in [6.45, 7) is 4.16. The monoisotopic (exact) mass is 502 g/mol. The van der Waals surface area contributed by atoms with E-state index in [0.717, 1.165) is 35.0 Å². The van der Waals surface area contributed by atoms with Crippen molar-refractivity contribution in [1.29, 1.82) is 0 Å². The van der Waals surface area contributed by atoms with E-state index >= 15 is 0 Å². The molecule has 0 aliphatic carbocycles. The minimum Gasteiger partial charge on any atom is -0.306 e. The number of hydrogen-bond donors (Lipinski definition) is 1. The van der Waals surface area contributed by atoms with Gasteiger partial charge in [0.2, 0.25) is 0 Å². The van der Waals surface area contributed by atoms with Crippen LogP contribution < -0.4 is 5.32 Å². The number of amides is 1. The number of anilines is 1. The largest absolute Gasteiger partial charge is 0.306 e. The first-order valence-corrected chi connectivity index (χ1v) is 12.3. The highest BCUT2D eigenvalue weighted by Gasteiger charge is 2.18. The van der Waals surface area contributed by atoms with E-state index in [1.165, 1.54) is 36.4 Å². The van der Waals surface area contributed by atoms with Crippen LogP contribution in [0, 0.1) is 0 Å². The van der Waals surface area contributed by atoms with Crippen LogP contribution in [0.5, 0.6) is 0 Å². The van der Waals surface area contributed by atoms with Crippen LogP contribution in [-0.4, -0.2) is 40.9 Å². The maximum Gasteiger partial charge on any atom is 0.259 e. The molecule has 0 fully saturated rings. The Balaban J connectivity index is 1.80. The molecular formula is C20H21Cl3N4OS2. The third-order valence-electron chi connectivity index (χ3n) is 4.39. The van der Waals surface area contributed by atoms with E-state index in [2.05, 4.69) is 34.2 Å². The lowest BCUT2D eigenvalue weighted by Gasteiger charge is -2.15. The first kappa shape index (κ1) is 23.4. The van der Waals surface area contributed by atoms with E-state index < -0.39 is 0 Å². The van der Waals surface area contributed by atoms with Crippen LogP contribution in [0.4, 0.5) is 5.13 Å². The van der Waals surface area contributed by atoms with Gasteiger partial charge >= 0.3 is 0 Å². The number of carbonyl (C=O) groups excluding carboxylic acids is 1. The van der Waals surface area contributed by atoms with Crippen LogP contribution in [0.15, 0.2) is 23.7 Å². The predicted octanol–water partition coefficient (Wildman–Crippen LogP) is 6.75. The van der Waals surface area contributed by atoms with Crippen molar-refractivity contribution >= 4 is 68.5 Å². The number of carbonyl (C=O) groups is 1. The van der Waals surface area contributed by atoms with Crippen molar-refractivity contribution in [2.24, 2.45) is 0 Å². The maximum atomic E-state index is 12.6. The van der Waals surface area contributed by atoms with Crippen LogP contribution in [-0.2, 0) is 6.42 Å². The number of rotatable bonds is 9. The highest BCUT2D eigenvalue weighted by atomic mass is 35.5. The molecule has 30 heavy (non-hydrogen) atoms. The number of unbranched alkanes of at least 4 members (excludes halogenated alkanes) is 1. The summed E-state index contributed by atoms with van der Waals surface area (Å²) in [5.74, 6) is -0.336. The fourth-order valence-corrected chi connectivity index (χ4v) is 5.14. The molecule has 0 spiro atoms. The minimum absolute atomic E-state index is 0.161. The van der Waals surface area contributed by atoms with Gasteiger partial charge in [-0.3, -0.25) is 10.1 Å². The van der Waals surface area contributed by atoms with Crippen LogP contribution in [0.25, 0.3) is 10.6 Å². The van der Waals surface area contributed by atoms with Crippen molar-refractivity contribution in [3.8, 4) is 10.6 Å².